The predicted octanol–water partition coefficient (Wildman–Crippen LogP) is 2.82. The maximum Gasteiger partial charge on any atom is 0.261 e. The first kappa shape index (κ1) is 15.8. The van der Waals surface area contributed by atoms with Crippen LogP contribution in [0.25, 0.3) is 0 Å². The van der Waals surface area contributed by atoms with Crippen LogP contribution in [0.1, 0.15) is 32.1 Å². The summed E-state index contributed by atoms with van der Waals surface area (Å²) in [5.74, 6) is -0.0411. The van der Waals surface area contributed by atoms with Gasteiger partial charge < -0.3 is 9.64 Å². The van der Waals surface area contributed by atoms with E-state index in [1.165, 1.54) is 6.42 Å². The molecule has 0 aromatic rings. The van der Waals surface area contributed by atoms with Gasteiger partial charge in [0.1, 0.15) is 6.61 Å². The maximum atomic E-state index is 11.9. The third kappa shape index (κ3) is 5.18. The molecule has 0 saturated heterocycles. The lowest BCUT2D eigenvalue weighted by Crippen LogP contribution is -2.44. The average Bonchev–Trinajstić information content (AvgIpc) is 2.34. The Morgan fingerprint density at radius 3 is 2.72 bits per heavy atom. The topological polar surface area (TPSA) is 29.5 Å². The molecule has 2 atom stereocenters. The Bertz CT molecular complexity index is 266. The van der Waals surface area contributed by atoms with Crippen LogP contribution in [0.5, 0.6) is 0 Å². The quantitative estimate of drug-likeness (QED) is 0.554. The van der Waals surface area contributed by atoms with Crippen LogP contribution in [-0.2, 0) is 9.53 Å². The molecule has 106 valence electrons. The lowest BCUT2D eigenvalue weighted by atomic mass is 9.94. The van der Waals surface area contributed by atoms with E-state index in [9.17, 15) is 13.6 Å². The largest absolute Gasteiger partial charge is 0.375 e. The molecule has 1 saturated carbocycles. The standard InChI is InChI=1S/C12H20BrF2NO2/c1-16(10-5-3-2-4-9(10)13)12(17)6-7-18-8-11(14)15/h9-11H,2-8H2,1H3. The van der Waals surface area contributed by atoms with Gasteiger partial charge in [0.15, 0.2) is 0 Å². The van der Waals surface area contributed by atoms with Crippen molar-refractivity contribution in [3.63, 3.8) is 0 Å². The SMILES string of the molecule is CN(C(=O)CCOCC(F)F)C1CCCCC1Br. The molecule has 6 heteroatoms. The highest BCUT2D eigenvalue weighted by Gasteiger charge is 2.28. The highest BCUT2D eigenvalue weighted by molar-refractivity contribution is 9.09. The Hall–Kier alpha value is -0.230. The zero-order valence-electron chi connectivity index (χ0n) is 10.6. The van der Waals surface area contributed by atoms with Crippen LogP contribution in [0.3, 0.4) is 0 Å². The van der Waals surface area contributed by atoms with Gasteiger partial charge in [0.2, 0.25) is 5.91 Å². The van der Waals surface area contributed by atoms with E-state index in [-0.39, 0.29) is 25.0 Å². The third-order valence-corrected chi connectivity index (χ3v) is 4.31. The molecule has 3 nitrogen and oxygen atoms in total. The summed E-state index contributed by atoms with van der Waals surface area (Å²) in [5.41, 5.74) is 0. The van der Waals surface area contributed by atoms with E-state index in [2.05, 4.69) is 15.9 Å². The second-order valence-electron chi connectivity index (χ2n) is 4.59. The molecule has 1 aliphatic carbocycles. The van der Waals surface area contributed by atoms with Crippen molar-refractivity contribution in [2.45, 2.75) is 49.4 Å². The van der Waals surface area contributed by atoms with Crippen LogP contribution in [0, 0.1) is 0 Å². The van der Waals surface area contributed by atoms with Gasteiger partial charge in [-0.05, 0) is 12.8 Å². The van der Waals surface area contributed by atoms with Gasteiger partial charge in [0.25, 0.3) is 6.43 Å². The molecule has 0 bridgehead atoms. The molecule has 18 heavy (non-hydrogen) atoms. The molecule has 1 amide bonds. The van der Waals surface area contributed by atoms with Crippen LogP contribution in [0.4, 0.5) is 8.78 Å². The van der Waals surface area contributed by atoms with E-state index >= 15 is 0 Å². The monoisotopic (exact) mass is 327 g/mol. The minimum Gasteiger partial charge on any atom is -0.375 e. The summed E-state index contributed by atoms with van der Waals surface area (Å²) in [6, 6.07) is 0.210. The smallest absolute Gasteiger partial charge is 0.261 e. The first-order valence-corrected chi connectivity index (χ1v) is 7.19. The maximum absolute atomic E-state index is 11.9. The number of halogens is 3. The van der Waals surface area contributed by atoms with Gasteiger partial charge in [-0.1, -0.05) is 28.8 Å². The zero-order chi connectivity index (χ0) is 13.5. The fraction of sp³-hybridized carbons (Fsp3) is 0.917. The number of nitrogens with zero attached hydrogens (tertiary/aromatic N) is 1. The number of carbonyl (C=O) groups is 1. The summed E-state index contributed by atoms with van der Waals surface area (Å²) in [5, 5.41) is 0. The highest BCUT2D eigenvalue weighted by atomic mass is 79.9. The van der Waals surface area contributed by atoms with Crippen molar-refractivity contribution in [3.05, 3.63) is 0 Å². The van der Waals surface area contributed by atoms with Crippen molar-refractivity contribution in [2.24, 2.45) is 0 Å². The Morgan fingerprint density at radius 2 is 2.11 bits per heavy atom. The lowest BCUT2D eigenvalue weighted by Gasteiger charge is -2.35. The van der Waals surface area contributed by atoms with E-state index in [4.69, 9.17) is 4.74 Å². The van der Waals surface area contributed by atoms with E-state index in [0.717, 1.165) is 19.3 Å². The van der Waals surface area contributed by atoms with Crippen LogP contribution >= 0.6 is 15.9 Å². The second-order valence-corrected chi connectivity index (χ2v) is 5.76. The minimum absolute atomic E-state index is 0.0411. The normalized spacial score (nSPS) is 24.3. The van der Waals surface area contributed by atoms with Gasteiger partial charge in [-0.2, -0.15) is 0 Å². The van der Waals surface area contributed by atoms with Crippen LogP contribution < -0.4 is 0 Å². The second kappa shape index (κ2) is 8.04. The molecule has 0 spiro atoms. The highest BCUT2D eigenvalue weighted by Crippen LogP contribution is 2.28. The molecule has 1 aliphatic rings. The van der Waals surface area contributed by atoms with E-state index in [1.54, 1.807) is 11.9 Å². The minimum atomic E-state index is -2.47. The summed E-state index contributed by atoms with van der Waals surface area (Å²) >= 11 is 3.60. The van der Waals surface area contributed by atoms with Crippen molar-refractivity contribution in [3.8, 4) is 0 Å². The molecular formula is C12H20BrF2NO2. The summed E-state index contributed by atoms with van der Waals surface area (Å²) in [4.78, 5) is 13.9. The number of amides is 1. The Balaban J connectivity index is 2.27. The number of carbonyl (C=O) groups excluding carboxylic acids is 1. The van der Waals surface area contributed by atoms with Gasteiger partial charge in [0, 0.05) is 17.9 Å². The van der Waals surface area contributed by atoms with Gasteiger partial charge in [-0.3, -0.25) is 4.79 Å². The molecule has 0 radical (unpaired) electrons. The summed E-state index contributed by atoms with van der Waals surface area (Å²) in [7, 11) is 1.78. The third-order valence-electron chi connectivity index (χ3n) is 3.24. The number of alkyl halides is 3. The number of hydrogen-bond donors (Lipinski definition) is 0. The van der Waals surface area contributed by atoms with Crippen LogP contribution in [-0.4, -0.2) is 48.4 Å². The van der Waals surface area contributed by atoms with Gasteiger partial charge in [0.05, 0.1) is 13.0 Å². The number of rotatable bonds is 6. The predicted molar refractivity (Wildman–Crippen MR) is 69.2 cm³/mol. The fourth-order valence-corrected chi connectivity index (χ4v) is 3.14. The van der Waals surface area contributed by atoms with Gasteiger partial charge in [-0.25, -0.2) is 8.78 Å². The Morgan fingerprint density at radius 1 is 1.44 bits per heavy atom. The molecule has 0 N–H and O–H groups in total. The molecule has 1 fully saturated rings. The Kier molecular flexibility index (Phi) is 7.07. The molecular weight excluding hydrogens is 308 g/mol. The lowest BCUT2D eigenvalue weighted by molar-refractivity contribution is -0.133. The van der Waals surface area contributed by atoms with Crippen molar-refractivity contribution >= 4 is 21.8 Å². The molecule has 0 aromatic heterocycles. The molecule has 2 unspecified atom stereocenters. The fourth-order valence-electron chi connectivity index (χ4n) is 2.20. The molecule has 0 heterocycles. The summed E-state index contributed by atoms with van der Waals surface area (Å²) < 4.78 is 28.4. The number of hydrogen-bond acceptors (Lipinski definition) is 2. The first-order chi connectivity index (χ1) is 8.52. The van der Waals surface area contributed by atoms with Crippen molar-refractivity contribution in [2.75, 3.05) is 20.3 Å². The molecule has 0 aromatic carbocycles. The van der Waals surface area contributed by atoms with Crippen molar-refractivity contribution in [1.29, 1.82) is 0 Å². The molecule has 1 rings (SSSR count). The Labute approximate surface area is 115 Å². The van der Waals surface area contributed by atoms with E-state index in [0.29, 0.717) is 4.83 Å². The van der Waals surface area contributed by atoms with Gasteiger partial charge in [-0.15, -0.1) is 0 Å². The van der Waals surface area contributed by atoms with Crippen molar-refractivity contribution < 1.29 is 18.3 Å². The number of ether oxygens (including phenoxy) is 1. The van der Waals surface area contributed by atoms with Crippen molar-refractivity contribution in [1.82, 2.24) is 4.90 Å². The van der Waals surface area contributed by atoms with E-state index in [1.807, 2.05) is 0 Å². The van der Waals surface area contributed by atoms with Gasteiger partial charge >= 0.3 is 0 Å². The van der Waals surface area contributed by atoms with Crippen LogP contribution in [0.15, 0.2) is 0 Å². The van der Waals surface area contributed by atoms with Crippen LogP contribution in [0.2, 0.25) is 0 Å². The van der Waals surface area contributed by atoms with E-state index < -0.39 is 13.0 Å². The average molecular weight is 328 g/mol. The molecule has 0 aliphatic heterocycles. The zero-order valence-corrected chi connectivity index (χ0v) is 12.2. The first-order valence-electron chi connectivity index (χ1n) is 6.28. The summed E-state index contributed by atoms with van der Waals surface area (Å²) in [6.45, 7) is -0.533. The summed E-state index contributed by atoms with van der Waals surface area (Å²) in [6.07, 6.45) is 2.08.